The van der Waals surface area contributed by atoms with Crippen LogP contribution in [-0.2, 0) is 28.6 Å². The smallest absolute Gasteiger partial charge is 0.306 e. The number of carbonyl (C=O) groups excluding carboxylic acids is 3. The van der Waals surface area contributed by atoms with Gasteiger partial charge in [-0.2, -0.15) is 0 Å². The molecule has 0 spiro atoms. The Bertz CT molecular complexity index is 918. The van der Waals surface area contributed by atoms with Crippen molar-refractivity contribution in [3.63, 3.8) is 0 Å². The third-order valence-corrected chi connectivity index (χ3v) is 12.5. The molecule has 1 atom stereocenters. The minimum atomic E-state index is -0.760. The molecule has 61 heavy (non-hydrogen) atoms. The van der Waals surface area contributed by atoms with Crippen LogP contribution in [0.2, 0.25) is 0 Å². The number of esters is 3. The highest BCUT2D eigenvalue weighted by atomic mass is 16.6. The van der Waals surface area contributed by atoms with Crippen LogP contribution in [0.15, 0.2) is 0 Å². The average Bonchev–Trinajstić information content (AvgIpc) is 3.24. The summed E-state index contributed by atoms with van der Waals surface area (Å²) in [6.07, 6.45) is 52.3. The van der Waals surface area contributed by atoms with Gasteiger partial charge in [0.2, 0.25) is 0 Å². The zero-order valence-electron chi connectivity index (χ0n) is 41.6. The Morgan fingerprint density at radius 3 is 0.803 bits per heavy atom. The van der Waals surface area contributed by atoms with E-state index < -0.39 is 6.10 Å². The normalized spacial score (nSPS) is 12.0. The molecule has 0 aromatic carbocycles. The van der Waals surface area contributed by atoms with Crippen LogP contribution < -0.4 is 0 Å². The molecule has 0 bridgehead atoms. The first kappa shape index (κ1) is 59.4. The summed E-state index contributed by atoms with van der Waals surface area (Å²) in [6, 6.07) is 0. The van der Waals surface area contributed by atoms with Crippen LogP contribution in [0.3, 0.4) is 0 Å². The summed E-state index contributed by atoms with van der Waals surface area (Å²) >= 11 is 0. The Hall–Kier alpha value is -1.59. The second kappa shape index (κ2) is 49.4. The first-order valence-corrected chi connectivity index (χ1v) is 27.4. The number of hydrogen-bond acceptors (Lipinski definition) is 6. The van der Waals surface area contributed by atoms with E-state index in [0.717, 1.165) is 63.7 Å². The van der Waals surface area contributed by atoms with Gasteiger partial charge in [0.15, 0.2) is 6.10 Å². The largest absolute Gasteiger partial charge is 0.462 e. The van der Waals surface area contributed by atoms with Crippen LogP contribution in [0.1, 0.15) is 310 Å². The van der Waals surface area contributed by atoms with E-state index in [4.69, 9.17) is 14.2 Å². The second-order valence-corrected chi connectivity index (χ2v) is 19.3. The lowest BCUT2D eigenvalue weighted by molar-refractivity contribution is -0.167. The Morgan fingerprint density at radius 2 is 0.541 bits per heavy atom. The van der Waals surface area contributed by atoms with E-state index in [1.165, 1.54) is 205 Å². The SMILES string of the molecule is CCCCCCCCCCCCCCCC(=O)OC[C@H](COC(=O)CCCCCCCCCCCCCCCCC(C)C)OC(=O)CCCCCCCCCCCCCCC. The van der Waals surface area contributed by atoms with Crippen molar-refractivity contribution in [1.29, 1.82) is 0 Å². The average molecular weight is 863 g/mol. The van der Waals surface area contributed by atoms with Gasteiger partial charge in [-0.15, -0.1) is 0 Å². The summed E-state index contributed by atoms with van der Waals surface area (Å²) in [4.78, 5) is 38.0. The molecule has 362 valence electrons. The number of rotatable bonds is 50. The third kappa shape index (κ3) is 49.3. The Balaban J connectivity index is 4.28. The van der Waals surface area contributed by atoms with Crippen molar-refractivity contribution in [1.82, 2.24) is 0 Å². The number of hydrogen-bond donors (Lipinski definition) is 0. The van der Waals surface area contributed by atoms with Gasteiger partial charge in [-0.3, -0.25) is 14.4 Å². The zero-order valence-corrected chi connectivity index (χ0v) is 41.6. The van der Waals surface area contributed by atoms with Crippen molar-refractivity contribution in [2.45, 2.75) is 316 Å². The maximum Gasteiger partial charge on any atom is 0.306 e. The molecule has 6 heteroatoms. The van der Waals surface area contributed by atoms with Gasteiger partial charge in [-0.25, -0.2) is 0 Å². The van der Waals surface area contributed by atoms with E-state index in [1.54, 1.807) is 0 Å². The first-order valence-electron chi connectivity index (χ1n) is 27.4. The highest BCUT2D eigenvalue weighted by Gasteiger charge is 2.19. The fourth-order valence-electron chi connectivity index (χ4n) is 8.39. The number of ether oxygens (including phenoxy) is 3. The molecular weight excluding hydrogens is 757 g/mol. The number of unbranched alkanes of at least 4 members (excludes halogenated alkanes) is 37. The Kier molecular flexibility index (Phi) is 48.1. The maximum absolute atomic E-state index is 12.8. The van der Waals surface area contributed by atoms with Crippen molar-refractivity contribution >= 4 is 17.9 Å². The molecule has 0 fully saturated rings. The van der Waals surface area contributed by atoms with Crippen molar-refractivity contribution in [3.8, 4) is 0 Å². The summed E-state index contributed by atoms with van der Waals surface area (Å²) in [5, 5.41) is 0. The van der Waals surface area contributed by atoms with E-state index in [2.05, 4.69) is 27.7 Å². The standard InChI is InChI=1S/C55H106O6/c1-5-7-9-11-13-15-17-21-26-30-34-38-42-46-53(56)59-49-52(61-55(58)48-44-40-36-32-28-22-18-16-14-12-10-8-6-2)50-60-54(57)47-43-39-35-31-27-24-20-19-23-25-29-33-37-41-45-51(3)4/h51-52H,5-50H2,1-4H3/t52-/m1/s1. The van der Waals surface area contributed by atoms with Crippen LogP contribution >= 0.6 is 0 Å². The lowest BCUT2D eigenvalue weighted by Gasteiger charge is -2.18. The molecule has 0 aromatic rings. The fraction of sp³-hybridized carbons (Fsp3) is 0.945. The maximum atomic E-state index is 12.8. The minimum absolute atomic E-state index is 0.0622. The van der Waals surface area contributed by atoms with Crippen LogP contribution in [0, 0.1) is 5.92 Å². The molecule has 0 unspecified atom stereocenters. The summed E-state index contributed by atoms with van der Waals surface area (Å²) < 4.78 is 16.8. The summed E-state index contributed by atoms with van der Waals surface area (Å²) in [6.45, 7) is 9.05. The topological polar surface area (TPSA) is 78.9 Å². The van der Waals surface area contributed by atoms with Gasteiger partial charge in [-0.1, -0.05) is 272 Å². The summed E-state index contributed by atoms with van der Waals surface area (Å²) in [5.74, 6) is 0.00568. The lowest BCUT2D eigenvalue weighted by Crippen LogP contribution is -2.30. The van der Waals surface area contributed by atoms with E-state index in [1.807, 2.05) is 0 Å². The Labute approximate surface area is 380 Å². The van der Waals surface area contributed by atoms with Crippen LogP contribution in [-0.4, -0.2) is 37.2 Å². The van der Waals surface area contributed by atoms with Crippen molar-refractivity contribution in [2.75, 3.05) is 13.2 Å². The molecule has 0 saturated carbocycles. The van der Waals surface area contributed by atoms with Gasteiger partial charge in [-0.05, 0) is 25.2 Å². The van der Waals surface area contributed by atoms with Gasteiger partial charge in [0.1, 0.15) is 13.2 Å². The van der Waals surface area contributed by atoms with Crippen LogP contribution in [0.25, 0.3) is 0 Å². The molecule has 0 N–H and O–H groups in total. The quantitative estimate of drug-likeness (QED) is 0.0344. The molecule has 6 nitrogen and oxygen atoms in total. The van der Waals surface area contributed by atoms with E-state index in [-0.39, 0.29) is 31.1 Å². The van der Waals surface area contributed by atoms with E-state index in [9.17, 15) is 14.4 Å². The second-order valence-electron chi connectivity index (χ2n) is 19.3. The van der Waals surface area contributed by atoms with Gasteiger partial charge in [0.25, 0.3) is 0 Å². The first-order chi connectivity index (χ1) is 29.9. The molecule has 0 aliphatic rings. The highest BCUT2D eigenvalue weighted by molar-refractivity contribution is 5.71. The fourth-order valence-corrected chi connectivity index (χ4v) is 8.39. The molecular formula is C55H106O6. The van der Waals surface area contributed by atoms with Crippen molar-refractivity contribution < 1.29 is 28.6 Å². The summed E-state index contributed by atoms with van der Waals surface area (Å²) in [5.41, 5.74) is 0. The molecule has 0 aliphatic heterocycles. The number of carbonyl (C=O) groups is 3. The highest BCUT2D eigenvalue weighted by Crippen LogP contribution is 2.17. The van der Waals surface area contributed by atoms with E-state index >= 15 is 0 Å². The zero-order chi connectivity index (χ0) is 44.5. The van der Waals surface area contributed by atoms with Crippen molar-refractivity contribution in [2.24, 2.45) is 5.92 Å². The van der Waals surface area contributed by atoms with E-state index in [0.29, 0.717) is 19.3 Å². The lowest BCUT2D eigenvalue weighted by atomic mass is 10.0. The third-order valence-electron chi connectivity index (χ3n) is 12.5. The van der Waals surface area contributed by atoms with Crippen LogP contribution in [0.5, 0.6) is 0 Å². The molecule has 0 radical (unpaired) electrons. The van der Waals surface area contributed by atoms with Gasteiger partial charge >= 0.3 is 17.9 Å². The molecule has 0 rings (SSSR count). The Morgan fingerprint density at radius 1 is 0.311 bits per heavy atom. The van der Waals surface area contributed by atoms with Crippen molar-refractivity contribution in [3.05, 3.63) is 0 Å². The molecule has 0 heterocycles. The van der Waals surface area contributed by atoms with Gasteiger partial charge in [0, 0.05) is 19.3 Å². The minimum Gasteiger partial charge on any atom is -0.462 e. The van der Waals surface area contributed by atoms with Crippen LogP contribution in [0.4, 0.5) is 0 Å². The predicted molar refractivity (Wildman–Crippen MR) is 261 cm³/mol. The molecule has 0 saturated heterocycles. The monoisotopic (exact) mass is 863 g/mol. The van der Waals surface area contributed by atoms with Gasteiger partial charge < -0.3 is 14.2 Å². The molecule has 0 amide bonds. The van der Waals surface area contributed by atoms with Gasteiger partial charge in [0.05, 0.1) is 0 Å². The molecule has 0 aliphatic carbocycles. The summed E-state index contributed by atoms with van der Waals surface area (Å²) in [7, 11) is 0. The predicted octanol–water partition coefficient (Wildman–Crippen LogP) is 17.8. The molecule has 0 aromatic heterocycles.